The minimum Gasteiger partial charge on any atom is -0.311 e. The third kappa shape index (κ3) is 3.38. The van der Waals surface area contributed by atoms with Gasteiger partial charge in [0.1, 0.15) is 0 Å². The summed E-state index contributed by atoms with van der Waals surface area (Å²) in [5.74, 6) is 0. The lowest BCUT2D eigenvalue weighted by molar-refractivity contribution is 0.468. The third-order valence-electron chi connectivity index (χ3n) is 3.41. The zero-order valence-electron chi connectivity index (χ0n) is 11.7. The molecule has 1 N–H and O–H groups in total. The number of nitrogens with zero attached hydrogens (tertiary/aromatic N) is 4. The van der Waals surface area contributed by atoms with Gasteiger partial charge in [-0.2, -0.15) is 5.10 Å². The van der Waals surface area contributed by atoms with Gasteiger partial charge in [-0.25, -0.2) is 0 Å². The molecule has 2 atom stereocenters. The number of rotatable bonds is 6. The highest BCUT2D eigenvalue weighted by Gasteiger charge is 2.14. The molecule has 0 spiro atoms. The fourth-order valence-electron chi connectivity index (χ4n) is 1.97. The van der Waals surface area contributed by atoms with Crippen molar-refractivity contribution in [3.63, 3.8) is 0 Å². The van der Waals surface area contributed by atoms with Crippen LogP contribution < -0.4 is 5.32 Å². The van der Waals surface area contributed by atoms with E-state index in [9.17, 15) is 0 Å². The molecule has 0 aliphatic carbocycles. The van der Waals surface area contributed by atoms with E-state index in [1.807, 2.05) is 17.9 Å². The van der Waals surface area contributed by atoms with Gasteiger partial charge in [-0.05, 0) is 26.5 Å². The molecule has 2 rings (SSSR count). The van der Waals surface area contributed by atoms with Crippen LogP contribution in [0.1, 0.15) is 43.7 Å². The Morgan fingerprint density at radius 1 is 1.37 bits per heavy atom. The molecule has 0 saturated carbocycles. The molecule has 0 fully saturated rings. The van der Waals surface area contributed by atoms with Gasteiger partial charge in [0.05, 0.1) is 17.4 Å². The van der Waals surface area contributed by atoms with Gasteiger partial charge in [0.25, 0.3) is 0 Å². The molecule has 102 valence electrons. The largest absolute Gasteiger partial charge is 0.311 e. The maximum Gasteiger partial charge on any atom is 0.0759 e. The molecule has 0 bridgehead atoms. The molecule has 0 aliphatic rings. The number of hydrogen-bond acceptors (Lipinski definition) is 4. The van der Waals surface area contributed by atoms with Crippen molar-refractivity contribution in [2.24, 2.45) is 0 Å². The Labute approximate surface area is 114 Å². The van der Waals surface area contributed by atoms with Crippen molar-refractivity contribution in [3.8, 4) is 0 Å². The molecule has 0 aliphatic heterocycles. The molecule has 5 nitrogen and oxygen atoms in total. The first-order valence-corrected chi connectivity index (χ1v) is 6.71. The van der Waals surface area contributed by atoms with E-state index in [-0.39, 0.29) is 6.04 Å². The van der Waals surface area contributed by atoms with E-state index >= 15 is 0 Å². The molecule has 0 radical (unpaired) electrons. The van der Waals surface area contributed by atoms with Crippen LogP contribution in [0.5, 0.6) is 0 Å². The van der Waals surface area contributed by atoms with Gasteiger partial charge >= 0.3 is 0 Å². The van der Waals surface area contributed by atoms with Crippen LogP contribution in [0.4, 0.5) is 0 Å². The molecule has 2 aromatic heterocycles. The van der Waals surface area contributed by atoms with Crippen molar-refractivity contribution in [2.75, 3.05) is 7.05 Å². The first-order chi connectivity index (χ1) is 9.24. The average Bonchev–Trinajstić information content (AvgIpc) is 2.93. The Morgan fingerprint density at radius 2 is 2.21 bits per heavy atom. The summed E-state index contributed by atoms with van der Waals surface area (Å²) in [6.07, 6.45) is 9.16. The van der Waals surface area contributed by atoms with Gasteiger partial charge in [-0.1, -0.05) is 6.92 Å². The van der Waals surface area contributed by atoms with Gasteiger partial charge in [-0.15, -0.1) is 0 Å². The summed E-state index contributed by atoms with van der Waals surface area (Å²) in [7, 11) is 1.94. The smallest absolute Gasteiger partial charge is 0.0759 e. The molecule has 0 aromatic carbocycles. The van der Waals surface area contributed by atoms with E-state index in [4.69, 9.17) is 0 Å². The minimum absolute atomic E-state index is 0.147. The van der Waals surface area contributed by atoms with Crippen LogP contribution in [-0.2, 0) is 6.42 Å². The molecular formula is C14H21N5. The molecule has 2 heterocycles. The molecule has 0 saturated heterocycles. The molecule has 19 heavy (non-hydrogen) atoms. The molecule has 5 heteroatoms. The first kappa shape index (κ1) is 13.7. The Bertz CT molecular complexity index is 494. The van der Waals surface area contributed by atoms with E-state index in [0.717, 1.165) is 24.2 Å². The fourth-order valence-corrected chi connectivity index (χ4v) is 1.97. The number of aromatic nitrogens is 4. The summed E-state index contributed by atoms with van der Waals surface area (Å²) < 4.78 is 2.03. The standard InChI is InChI=1S/C14H21N5/c1-4-11(2)19-8-5-12(18-19)9-13(15-3)14-10-16-6-7-17-14/h5-8,10-11,13,15H,4,9H2,1-3H3. The topological polar surface area (TPSA) is 55.6 Å². The quantitative estimate of drug-likeness (QED) is 0.863. The van der Waals surface area contributed by atoms with E-state index in [0.29, 0.717) is 6.04 Å². The molecular weight excluding hydrogens is 238 g/mol. The van der Waals surface area contributed by atoms with Crippen LogP contribution in [0.2, 0.25) is 0 Å². The van der Waals surface area contributed by atoms with Crippen LogP contribution in [0.15, 0.2) is 30.9 Å². The first-order valence-electron chi connectivity index (χ1n) is 6.71. The van der Waals surface area contributed by atoms with Gasteiger partial charge in [0.15, 0.2) is 0 Å². The third-order valence-corrected chi connectivity index (χ3v) is 3.41. The Balaban J connectivity index is 2.09. The van der Waals surface area contributed by atoms with Crippen molar-refractivity contribution in [1.29, 1.82) is 0 Å². The van der Waals surface area contributed by atoms with Crippen LogP contribution in [0.25, 0.3) is 0 Å². The maximum absolute atomic E-state index is 4.62. The summed E-state index contributed by atoms with van der Waals surface area (Å²) in [6, 6.07) is 2.67. The Hall–Kier alpha value is -1.75. The predicted molar refractivity (Wildman–Crippen MR) is 74.8 cm³/mol. The van der Waals surface area contributed by atoms with Crippen molar-refractivity contribution >= 4 is 0 Å². The highest BCUT2D eigenvalue weighted by molar-refractivity contribution is 5.09. The van der Waals surface area contributed by atoms with Gasteiger partial charge in [-0.3, -0.25) is 14.6 Å². The summed E-state index contributed by atoms with van der Waals surface area (Å²) in [4.78, 5) is 8.46. The van der Waals surface area contributed by atoms with E-state index in [2.05, 4.69) is 40.3 Å². The van der Waals surface area contributed by atoms with E-state index < -0.39 is 0 Å². The van der Waals surface area contributed by atoms with Crippen LogP contribution >= 0.6 is 0 Å². The SMILES string of the molecule is CCC(C)n1ccc(CC(NC)c2cnccn2)n1. The van der Waals surface area contributed by atoms with Gasteiger partial charge in [0.2, 0.25) is 0 Å². The second kappa shape index (κ2) is 6.43. The number of nitrogens with one attached hydrogen (secondary N) is 1. The highest BCUT2D eigenvalue weighted by Crippen LogP contribution is 2.16. The summed E-state index contributed by atoms with van der Waals surface area (Å²) in [5, 5.41) is 7.89. The Kier molecular flexibility index (Phi) is 4.63. The second-order valence-corrected chi connectivity index (χ2v) is 4.72. The van der Waals surface area contributed by atoms with Crippen molar-refractivity contribution < 1.29 is 0 Å². The van der Waals surface area contributed by atoms with Gasteiger partial charge < -0.3 is 5.32 Å². The lowest BCUT2D eigenvalue weighted by atomic mass is 10.1. The normalized spacial score (nSPS) is 14.3. The molecule has 2 unspecified atom stereocenters. The summed E-state index contributed by atoms with van der Waals surface area (Å²) in [6.45, 7) is 4.34. The van der Waals surface area contributed by atoms with Crippen LogP contribution in [0.3, 0.4) is 0 Å². The summed E-state index contributed by atoms with van der Waals surface area (Å²) >= 11 is 0. The predicted octanol–water partition coefficient (Wildman–Crippen LogP) is 2.15. The van der Waals surface area contributed by atoms with E-state index in [1.165, 1.54) is 0 Å². The second-order valence-electron chi connectivity index (χ2n) is 4.72. The number of likely N-dealkylation sites (N-methyl/N-ethyl adjacent to an activating group) is 1. The van der Waals surface area contributed by atoms with Crippen molar-refractivity contribution in [3.05, 3.63) is 42.2 Å². The Morgan fingerprint density at radius 3 is 2.84 bits per heavy atom. The average molecular weight is 259 g/mol. The summed E-state index contributed by atoms with van der Waals surface area (Å²) in [5.41, 5.74) is 2.02. The zero-order valence-corrected chi connectivity index (χ0v) is 11.7. The van der Waals surface area contributed by atoms with E-state index in [1.54, 1.807) is 18.6 Å². The molecule has 2 aromatic rings. The maximum atomic E-state index is 4.62. The lowest BCUT2D eigenvalue weighted by Gasteiger charge is -2.14. The zero-order chi connectivity index (χ0) is 13.7. The minimum atomic E-state index is 0.147. The van der Waals surface area contributed by atoms with Crippen LogP contribution in [0, 0.1) is 0 Å². The van der Waals surface area contributed by atoms with Crippen molar-refractivity contribution in [1.82, 2.24) is 25.1 Å². The highest BCUT2D eigenvalue weighted by atomic mass is 15.3. The molecule has 0 amide bonds. The number of hydrogen-bond donors (Lipinski definition) is 1. The van der Waals surface area contributed by atoms with Gasteiger partial charge in [0, 0.05) is 37.3 Å². The lowest BCUT2D eigenvalue weighted by Crippen LogP contribution is -2.20. The van der Waals surface area contributed by atoms with Crippen LogP contribution in [-0.4, -0.2) is 26.8 Å². The monoisotopic (exact) mass is 259 g/mol. The van der Waals surface area contributed by atoms with Crippen molar-refractivity contribution in [2.45, 2.75) is 38.8 Å². The fraction of sp³-hybridized carbons (Fsp3) is 0.500.